The normalized spacial score (nSPS) is 16.7. The molecule has 0 N–H and O–H groups in total. The van der Waals surface area contributed by atoms with E-state index in [1.54, 1.807) is 41.4 Å². The van der Waals surface area contributed by atoms with Crippen molar-refractivity contribution >= 4 is 23.0 Å². The molecule has 0 amide bonds. The Morgan fingerprint density at radius 2 is 1.69 bits per heavy atom. The third kappa shape index (κ3) is 3.20. The van der Waals surface area contributed by atoms with Crippen LogP contribution in [0.3, 0.4) is 0 Å². The Bertz CT molecular complexity index is 970. The van der Waals surface area contributed by atoms with Crippen LogP contribution in [0.4, 0.5) is 14.5 Å². The number of rotatable bonds is 3. The van der Waals surface area contributed by atoms with E-state index in [4.69, 9.17) is 16.7 Å². The molecule has 1 aliphatic rings. The van der Waals surface area contributed by atoms with E-state index < -0.39 is 0 Å². The molecule has 0 spiro atoms. The topological polar surface area (TPSA) is 15.6 Å². The number of hydrogen-bond acceptors (Lipinski definition) is 2. The number of nitrogens with zero attached hydrogens (tertiary/aromatic N) is 2. The van der Waals surface area contributed by atoms with Crippen molar-refractivity contribution in [3.63, 3.8) is 0 Å². The summed E-state index contributed by atoms with van der Waals surface area (Å²) in [6.07, 6.45) is 0.513. The fraction of sp³-hybridized carbons (Fsp3) is 0.0952. The molecule has 1 heterocycles. The van der Waals surface area contributed by atoms with E-state index in [0.29, 0.717) is 17.0 Å². The second-order valence-corrected chi connectivity index (χ2v) is 6.56. The van der Waals surface area contributed by atoms with Crippen molar-refractivity contribution < 1.29 is 8.78 Å². The minimum absolute atomic E-state index is 0.278. The molecule has 0 saturated carbocycles. The van der Waals surface area contributed by atoms with Gasteiger partial charge in [-0.3, -0.25) is 5.01 Å². The third-order valence-corrected chi connectivity index (χ3v) is 4.66. The molecule has 1 aliphatic heterocycles. The Hall–Kier alpha value is -2.72. The van der Waals surface area contributed by atoms with Gasteiger partial charge < -0.3 is 0 Å². The van der Waals surface area contributed by atoms with Crippen molar-refractivity contribution in [2.45, 2.75) is 12.5 Å². The molecule has 0 aromatic heterocycles. The third-order valence-electron chi connectivity index (χ3n) is 4.42. The van der Waals surface area contributed by atoms with Gasteiger partial charge in [-0.1, -0.05) is 48.0 Å². The van der Waals surface area contributed by atoms with Gasteiger partial charge in [-0.2, -0.15) is 5.10 Å². The Labute approximate surface area is 155 Å². The summed E-state index contributed by atoms with van der Waals surface area (Å²) in [4.78, 5) is 0. The lowest BCUT2D eigenvalue weighted by molar-refractivity contribution is 0.579. The van der Waals surface area contributed by atoms with Crippen molar-refractivity contribution in [1.82, 2.24) is 0 Å². The average Bonchev–Trinajstić information content (AvgIpc) is 3.08. The largest absolute Gasteiger partial charge is 0.257 e. The summed E-state index contributed by atoms with van der Waals surface area (Å²) >= 11 is 6.13. The monoisotopic (exact) mass is 368 g/mol. The number of benzene rings is 3. The summed E-state index contributed by atoms with van der Waals surface area (Å²) in [7, 11) is 0. The summed E-state index contributed by atoms with van der Waals surface area (Å²) in [5.74, 6) is -0.579. The molecule has 26 heavy (non-hydrogen) atoms. The highest BCUT2D eigenvalue weighted by Crippen LogP contribution is 2.38. The van der Waals surface area contributed by atoms with Crippen LogP contribution in [-0.4, -0.2) is 5.71 Å². The molecule has 5 heteroatoms. The molecule has 4 rings (SSSR count). The fourth-order valence-electron chi connectivity index (χ4n) is 3.17. The lowest BCUT2D eigenvalue weighted by Gasteiger charge is -2.24. The molecule has 0 saturated heterocycles. The Morgan fingerprint density at radius 3 is 2.42 bits per heavy atom. The Morgan fingerprint density at radius 1 is 0.923 bits per heavy atom. The first-order valence-electron chi connectivity index (χ1n) is 8.24. The van der Waals surface area contributed by atoms with E-state index in [1.165, 1.54) is 18.2 Å². The molecule has 0 radical (unpaired) electrons. The van der Waals surface area contributed by atoms with Crippen LogP contribution in [0.5, 0.6) is 0 Å². The first-order chi connectivity index (χ1) is 12.6. The highest BCUT2D eigenvalue weighted by atomic mass is 35.5. The summed E-state index contributed by atoms with van der Waals surface area (Å²) < 4.78 is 27.7. The minimum atomic E-state index is -0.301. The second kappa shape index (κ2) is 6.89. The van der Waals surface area contributed by atoms with Crippen LogP contribution in [0.15, 0.2) is 77.9 Å². The Kier molecular flexibility index (Phi) is 4.43. The van der Waals surface area contributed by atoms with Gasteiger partial charge in [0, 0.05) is 17.0 Å². The highest BCUT2D eigenvalue weighted by molar-refractivity contribution is 6.30. The zero-order valence-corrected chi connectivity index (χ0v) is 14.5. The average molecular weight is 369 g/mol. The van der Waals surface area contributed by atoms with Gasteiger partial charge in [-0.05, 0) is 42.0 Å². The first-order valence-corrected chi connectivity index (χ1v) is 8.62. The van der Waals surface area contributed by atoms with Crippen molar-refractivity contribution in [2.24, 2.45) is 5.10 Å². The van der Waals surface area contributed by atoms with Crippen LogP contribution < -0.4 is 5.01 Å². The maximum absolute atomic E-state index is 14.4. The van der Waals surface area contributed by atoms with Crippen LogP contribution in [0.1, 0.15) is 23.6 Å². The fourth-order valence-corrected chi connectivity index (χ4v) is 3.36. The van der Waals surface area contributed by atoms with Crippen molar-refractivity contribution in [3.8, 4) is 0 Å². The van der Waals surface area contributed by atoms with Gasteiger partial charge in [0.15, 0.2) is 0 Å². The summed E-state index contributed by atoms with van der Waals surface area (Å²) in [6, 6.07) is 19.9. The van der Waals surface area contributed by atoms with Crippen molar-refractivity contribution in [1.29, 1.82) is 0 Å². The molecule has 3 aromatic carbocycles. The molecule has 2 nitrogen and oxygen atoms in total. The predicted octanol–water partition coefficient (Wildman–Crippen LogP) is 5.97. The number of hydrogen-bond donors (Lipinski definition) is 0. The highest BCUT2D eigenvalue weighted by Gasteiger charge is 2.31. The van der Waals surface area contributed by atoms with Crippen molar-refractivity contribution in [2.75, 3.05) is 5.01 Å². The van der Waals surface area contributed by atoms with E-state index in [0.717, 1.165) is 17.0 Å². The predicted molar refractivity (Wildman–Crippen MR) is 101 cm³/mol. The summed E-state index contributed by atoms with van der Waals surface area (Å²) in [6.45, 7) is 0. The van der Waals surface area contributed by atoms with Gasteiger partial charge in [-0.25, -0.2) is 8.78 Å². The molecule has 0 bridgehead atoms. The molecule has 1 unspecified atom stereocenters. The van der Waals surface area contributed by atoms with E-state index in [1.807, 2.05) is 18.2 Å². The van der Waals surface area contributed by atoms with Crippen LogP contribution >= 0.6 is 11.6 Å². The lowest BCUT2D eigenvalue weighted by Crippen LogP contribution is -2.19. The van der Waals surface area contributed by atoms with Crippen molar-refractivity contribution in [3.05, 3.63) is 101 Å². The SMILES string of the molecule is Fc1ccc(C2=NN(c3cccc(Cl)c3)C(c3ccccc3F)C2)cc1. The van der Waals surface area contributed by atoms with E-state index in [-0.39, 0.29) is 17.7 Å². The summed E-state index contributed by atoms with van der Waals surface area (Å²) in [5.41, 5.74) is 2.94. The first kappa shape index (κ1) is 16.7. The molecular formula is C21H15ClF2N2. The molecule has 130 valence electrons. The van der Waals surface area contributed by atoms with Gasteiger partial charge in [-0.15, -0.1) is 0 Å². The van der Waals surface area contributed by atoms with Gasteiger partial charge >= 0.3 is 0 Å². The number of anilines is 1. The molecule has 3 aromatic rings. The molecule has 0 fully saturated rings. The second-order valence-electron chi connectivity index (χ2n) is 6.12. The lowest BCUT2D eigenvalue weighted by atomic mass is 9.98. The van der Waals surface area contributed by atoms with Gasteiger partial charge in [0.25, 0.3) is 0 Å². The van der Waals surface area contributed by atoms with Crippen LogP contribution in [0, 0.1) is 11.6 Å². The molecule has 0 aliphatic carbocycles. The standard InChI is InChI=1S/C21H15ClF2N2/c22-15-4-3-5-17(12-15)26-21(18-6-1-2-7-19(18)24)13-20(25-26)14-8-10-16(23)11-9-14/h1-12,21H,13H2. The van der Waals surface area contributed by atoms with Crippen LogP contribution in [-0.2, 0) is 0 Å². The Balaban J connectivity index is 1.78. The number of hydrazone groups is 1. The van der Waals surface area contributed by atoms with Gasteiger partial charge in [0.2, 0.25) is 0 Å². The van der Waals surface area contributed by atoms with Crippen LogP contribution in [0.2, 0.25) is 5.02 Å². The zero-order chi connectivity index (χ0) is 18.1. The zero-order valence-electron chi connectivity index (χ0n) is 13.7. The van der Waals surface area contributed by atoms with E-state index in [2.05, 4.69) is 0 Å². The van der Waals surface area contributed by atoms with Gasteiger partial charge in [0.05, 0.1) is 17.4 Å². The minimum Gasteiger partial charge on any atom is -0.257 e. The smallest absolute Gasteiger partial charge is 0.128 e. The van der Waals surface area contributed by atoms with E-state index >= 15 is 0 Å². The van der Waals surface area contributed by atoms with E-state index in [9.17, 15) is 8.78 Å². The molecular weight excluding hydrogens is 354 g/mol. The maximum atomic E-state index is 14.4. The molecule has 1 atom stereocenters. The van der Waals surface area contributed by atoms with Gasteiger partial charge in [0.1, 0.15) is 11.6 Å². The number of halogens is 3. The van der Waals surface area contributed by atoms with Crippen LogP contribution in [0.25, 0.3) is 0 Å². The maximum Gasteiger partial charge on any atom is 0.128 e. The summed E-state index contributed by atoms with van der Waals surface area (Å²) in [5, 5.41) is 7.06. The quantitative estimate of drug-likeness (QED) is 0.555.